The summed E-state index contributed by atoms with van der Waals surface area (Å²) in [6, 6.07) is 12.9. The maximum absolute atomic E-state index is 14.2. The van der Waals surface area contributed by atoms with Gasteiger partial charge in [0.2, 0.25) is 0 Å². The number of nitrogens with one attached hydrogen (secondary N) is 4. The molecular formula is C29H35BrF2N6O3. The number of piperidine rings is 1. The molecule has 0 unspecified atom stereocenters. The normalized spacial score (nSPS) is 21.2. The van der Waals surface area contributed by atoms with E-state index in [4.69, 9.17) is 14.6 Å². The Kier molecular flexibility index (Phi) is 9.66. The number of benzene rings is 2. The van der Waals surface area contributed by atoms with E-state index in [1.165, 1.54) is 6.07 Å². The Morgan fingerprint density at radius 3 is 2.66 bits per heavy atom. The number of hydrogen-bond acceptors (Lipinski definition) is 6. The maximum Gasteiger partial charge on any atom is 0.320 e. The van der Waals surface area contributed by atoms with Crippen molar-refractivity contribution in [3.05, 3.63) is 75.9 Å². The van der Waals surface area contributed by atoms with Crippen molar-refractivity contribution in [2.75, 3.05) is 45.2 Å². The molecule has 0 spiro atoms. The zero-order valence-corrected chi connectivity index (χ0v) is 24.5. The second kappa shape index (κ2) is 13.4. The van der Waals surface area contributed by atoms with Gasteiger partial charge in [-0.05, 0) is 78.1 Å². The smallest absolute Gasteiger partial charge is 0.320 e. The molecule has 0 aliphatic carbocycles. The number of rotatable bonds is 10. The molecule has 0 radical (unpaired) electrons. The van der Waals surface area contributed by atoms with Crippen LogP contribution in [0, 0.1) is 11.6 Å². The van der Waals surface area contributed by atoms with E-state index in [0.717, 1.165) is 37.7 Å². The van der Waals surface area contributed by atoms with Gasteiger partial charge in [-0.3, -0.25) is 5.32 Å². The number of urea groups is 1. The zero-order chi connectivity index (χ0) is 28.8. The molecule has 4 N–H and O–H groups in total. The van der Waals surface area contributed by atoms with E-state index in [0.29, 0.717) is 54.3 Å². The van der Waals surface area contributed by atoms with E-state index in [1.54, 1.807) is 17.9 Å². The molecule has 2 saturated heterocycles. The highest BCUT2D eigenvalue weighted by Gasteiger charge is 2.45. The zero-order valence-electron chi connectivity index (χ0n) is 22.9. The fraction of sp³-hybridized carbons (Fsp3) is 0.448. The number of anilines is 1. The number of ether oxygens (including phenoxy) is 2. The van der Waals surface area contributed by atoms with Crippen LogP contribution in [-0.2, 0) is 16.1 Å². The summed E-state index contributed by atoms with van der Waals surface area (Å²) in [5, 5.41) is 17.6. The molecule has 2 aliphatic rings. The van der Waals surface area contributed by atoms with E-state index in [-0.39, 0.29) is 12.0 Å². The molecule has 1 aromatic heterocycles. The average molecular weight is 634 g/mol. The second-order valence-electron chi connectivity index (χ2n) is 10.5. The summed E-state index contributed by atoms with van der Waals surface area (Å²) in [6.07, 6.45) is 2.47. The third kappa shape index (κ3) is 6.78. The molecule has 2 aliphatic heterocycles. The predicted octanol–water partition coefficient (Wildman–Crippen LogP) is 4.47. The molecule has 0 bridgehead atoms. The molecule has 9 nitrogen and oxygen atoms in total. The molecule has 220 valence electrons. The van der Waals surface area contributed by atoms with Crippen LogP contribution in [0.25, 0.3) is 5.69 Å². The third-order valence-corrected chi connectivity index (χ3v) is 8.62. The van der Waals surface area contributed by atoms with Crippen LogP contribution in [0.1, 0.15) is 36.4 Å². The third-order valence-electron chi connectivity index (χ3n) is 7.79. The van der Waals surface area contributed by atoms with Crippen LogP contribution in [0.15, 0.2) is 53.0 Å². The Morgan fingerprint density at radius 1 is 1.15 bits per heavy atom. The lowest BCUT2D eigenvalue weighted by Crippen LogP contribution is -2.55. The summed E-state index contributed by atoms with van der Waals surface area (Å²) in [5.74, 6) is -1.69. The number of aromatic nitrogens is 2. The molecule has 0 saturated carbocycles. The van der Waals surface area contributed by atoms with Gasteiger partial charge in [0.1, 0.15) is 5.69 Å². The lowest BCUT2D eigenvalue weighted by atomic mass is 9.79. The van der Waals surface area contributed by atoms with Crippen molar-refractivity contribution in [3.8, 4) is 5.69 Å². The Hall–Kier alpha value is -2.90. The highest BCUT2D eigenvalue weighted by atomic mass is 79.9. The summed E-state index contributed by atoms with van der Waals surface area (Å²) in [4.78, 5) is 13.7. The monoisotopic (exact) mass is 632 g/mol. The van der Waals surface area contributed by atoms with Crippen LogP contribution < -0.4 is 21.3 Å². The Bertz CT molecular complexity index is 1340. The van der Waals surface area contributed by atoms with E-state index in [2.05, 4.69) is 37.2 Å². The summed E-state index contributed by atoms with van der Waals surface area (Å²) < 4.78 is 41.7. The molecule has 3 heterocycles. The standard InChI is InChI=1S/C29H35BrF2N6O3/c1-40-14-11-29(18-34-16-22(29)19-7-8-23(31)24(32)15-19)36-28(39)35-27-26(30)25(17-41-21-9-12-33-13-10-21)37-38(27)20-5-3-2-4-6-20/h2-8,15,21-22,33-34H,9-14,16-18H2,1H3,(H2,35,36,39)/t22-,29+/m0/s1. The largest absolute Gasteiger partial charge is 0.385 e. The van der Waals surface area contributed by atoms with Gasteiger partial charge in [-0.1, -0.05) is 24.3 Å². The van der Waals surface area contributed by atoms with Gasteiger partial charge in [0.25, 0.3) is 0 Å². The summed E-state index contributed by atoms with van der Waals surface area (Å²) in [6.45, 7) is 3.42. The summed E-state index contributed by atoms with van der Waals surface area (Å²) in [5.41, 5.74) is 1.22. The van der Waals surface area contributed by atoms with Crippen LogP contribution in [-0.4, -0.2) is 67.4 Å². The number of amides is 2. The van der Waals surface area contributed by atoms with Crippen molar-refractivity contribution in [1.82, 2.24) is 25.7 Å². The Labute approximate surface area is 246 Å². The first-order valence-electron chi connectivity index (χ1n) is 13.8. The number of halogens is 3. The van der Waals surface area contributed by atoms with Crippen LogP contribution >= 0.6 is 15.9 Å². The van der Waals surface area contributed by atoms with Gasteiger partial charge in [-0.2, -0.15) is 5.10 Å². The SMILES string of the molecule is COCC[C@@]1(NC(=O)Nc2c(Br)c(COC3CCNCC3)nn2-c2ccccc2)CNC[C@H]1c1ccc(F)c(F)c1. The first-order chi connectivity index (χ1) is 19.9. The molecule has 2 atom stereocenters. The first kappa shape index (κ1) is 29.6. The molecule has 12 heteroatoms. The van der Waals surface area contributed by atoms with E-state index in [9.17, 15) is 13.6 Å². The molecule has 2 aromatic carbocycles. The van der Waals surface area contributed by atoms with E-state index < -0.39 is 23.2 Å². The molecule has 3 aromatic rings. The van der Waals surface area contributed by atoms with Gasteiger partial charge in [0.15, 0.2) is 17.5 Å². The van der Waals surface area contributed by atoms with Gasteiger partial charge in [0, 0.05) is 32.7 Å². The molecule has 2 amide bonds. The second-order valence-corrected chi connectivity index (χ2v) is 11.2. The first-order valence-corrected chi connectivity index (χ1v) is 14.6. The topological polar surface area (TPSA) is 101 Å². The van der Waals surface area contributed by atoms with Crippen LogP contribution in [0.4, 0.5) is 19.4 Å². The van der Waals surface area contributed by atoms with Crippen molar-refractivity contribution in [3.63, 3.8) is 0 Å². The Morgan fingerprint density at radius 2 is 1.93 bits per heavy atom. The molecule has 2 fully saturated rings. The van der Waals surface area contributed by atoms with Gasteiger partial charge < -0.3 is 25.4 Å². The van der Waals surface area contributed by atoms with Crippen LogP contribution in [0.5, 0.6) is 0 Å². The molecular weight excluding hydrogens is 598 g/mol. The lowest BCUT2D eigenvalue weighted by molar-refractivity contribution is 0.0192. The lowest BCUT2D eigenvalue weighted by Gasteiger charge is -2.36. The van der Waals surface area contributed by atoms with Gasteiger partial charge >= 0.3 is 6.03 Å². The van der Waals surface area contributed by atoms with E-state index >= 15 is 0 Å². The summed E-state index contributed by atoms with van der Waals surface area (Å²) >= 11 is 3.66. The van der Waals surface area contributed by atoms with Gasteiger partial charge in [-0.25, -0.2) is 18.3 Å². The highest BCUT2D eigenvalue weighted by molar-refractivity contribution is 9.10. The van der Waals surface area contributed by atoms with Gasteiger partial charge in [0.05, 0.1) is 28.4 Å². The number of hydrogen-bond donors (Lipinski definition) is 4. The number of methoxy groups -OCH3 is 1. The minimum atomic E-state index is -0.922. The maximum atomic E-state index is 14.2. The van der Waals surface area contributed by atoms with Crippen LogP contribution in [0.3, 0.4) is 0 Å². The number of carbonyl (C=O) groups excluding carboxylic acids is 1. The highest BCUT2D eigenvalue weighted by Crippen LogP contribution is 2.36. The van der Waals surface area contributed by atoms with E-state index in [1.807, 2.05) is 30.3 Å². The minimum Gasteiger partial charge on any atom is -0.385 e. The number of nitrogens with zero attached hydrogens (tertiary/aromatic N) is 2. The molecule has 41 heavy (non-hydrogen) atoms. The van der Waals surface area contributed by atoms with Crippen molar-refractivity contribution in [2.45, 2.75) is 43.4 Å². The van der Waals surface area contributed by atoms with Crippen molar-refractivity contribution >= 4 is 27.8 Å². The Balaban J connectivity index is 1.40. The number of para-hydroxylation sites is 1. The van der Waals surface area contributed by atoms with Crippen molar-refractivity contribution < 1.29 is 23.0 Å². The fourth-order valence-electron chi connectivity index (χ4n) is 5.59. The van der Waals surface area contributed by atoms with Crippen molar-refractivity contribution in [1.29, 1.82) is 0 Å². The van der Waals surface area contributed by atoms with Gasteiger partial charge in [-0.15, -0.1) is 0 Å². The fourth-order valence-corrected chi connectivity index (χ4v) is 6.05. The predicted molar refractivity (Wildman–Crippen MR) is 155 cm³/mol. The number of carbonyl (C=O) groups is 1. The average Bonchev–Trinajstić information content (AvgIpc) is 3.54. The van der Waals surface area contributed by atoms with Crippen LogP contribution in [0.2, 0.25) is 0 Å². The minimum absolute atomic E-state index is 0.147. The molecule has 5 rings (SSSR count). The summed E-state index contributed by atoms with van der Waals surface area (Å²) in [7, 11) is 1.59. The van der Waals surface area contributed by atoms with Crippen molar-refractivity contribution in [2.24, 2.45) is 0 Å². The quantitative estimate of drug-likeness (QED) is 0.263.